The Labute approximate surface area is 88.8 Å². The molecular formula is C9H11ClO3S. The summed E-state index contributed by atoms with van der Waals surface area (Å²) in [5.74, 6) is 0.330. The minimum absolute atomic E-state index is 0.330. The number of rotatable bonds is 3. The molecule has 14 heavy (non-hydrogen) atoms. The van der Waals surface area contributed by atoms with Gasteiger partial charge in [-0.2, -0.15) is 8.42 Å². The van der Waals surface area contributed by atoms with Gasteiger partial charge in [0.05, 0.1) is 0 Å². The van der Waals surface area contributed by atoms with Crippen molar-refractivity contribution in [3.63, 3.8) is 0 Å². The molecule has 0 spiro atoms. The Morgan fingerprint density at radius 3 is 2.50 bits per heavy atom. The number of benzene rings is 1. The molecule has 0 aliphatic rings. The van der Waals surface area contributed by atoms with E-state index in [2.05, 4.69) is 0 Å². The molecule has 3 nitrogen and oxygen atoms in total. The van der Waals surface area contributed by atoms with Crippen molar-refractivity contribution in [3.05, 3.63) is 29.3 Å². The molecule has 1 rings (SSSR count). The number of alkyl halides is 1. The van der Waals surface area contributed by atoms with Gasteiger partial charge in [-0.15, -0.1) is 11.6 Å². The minimum Gasteiger partial charge on any atom is -0.381 e. The van der Waals surface area contributed by atoms with Gasteiger partial charge < -0.3 is 4.18 Å². The summed E-state index contributed by atoms with van der Waals surface area (Å²) in [6.45, 7) is 3.71. The van der Waals surface area contributed by atoms with Gasteiger partial charge in [0.1, 0.15) is 5.75 Å². The van der Waals surface area contributed by atoms with Crippen molar-refractivity contribution < 1.29 is 12.6 Å². The highest BCUT2D eigenvalue weighted by molar-refractivity contribution is 7.88. The largest absolute Gasteiger partial charge is 0.381 e. The van der Waals surface area contributed by atoms with Crippen LogP contribution in [0.15, 0.2) is 18.2 Å². The lowest BCUT2D eigenvalue weighted by molar-refractivity contribution is 0.489. The Kier molecular flexibility index (Phi) is 3.39. The summed E-state index contributed by atoms with van der Waals surface area (Å²) in [7, 11) is -3.64. The van der Waals surface area contributed by atoms with Crippen molar-refractivity contribution in [1.29, 1.82) is 0 Å². The monoisotopic (exact) mass is 234 g/mol. The zero-order chi connectivity index (χ0) is 10.8. The van der Waals surface area contributed by atoms with Crippen molar-refractivity contribution in [3.8, 4) is 5.75 Å². The van der Waals surface area contributed by atoms with Crippen molar-refractivity contribution in [1.82, 2.24) is 0 Å². The Morgan fingerprint density at radius 1 is 1.36 bits per heavy atom. The summed E-state index contributed by atoms with van der Waals surface area (Å²) in [6.07, 6.45) is 0. The maximum atomic E-state index is 11.1. The number of hydrogen-bond acceptors (Lipinski definition) is 3. The molecular weight excluding hydrogens is 224 g/mol. The molecule has 0 aliphatic heterocycles. The van der Waals surface area contributed by atoms with E-state index in [1.165, 1.54) is 0 Å². The second kappa shape index (κ2) is 4.19. The van der Waals surface area contributed by atoms with Gasteiger partial charge in [0.2, 0.25) is 0 Å². The van der Waals surface area contributed by atoms with Crippen LogP contribution >= 0.6 is 11.6 Å². The SMILES string of the molecule is Cc1ccc(OS(=O)(=O)CCl)c(C)c1. The lowest BCUT2D eigenvalue weighted by Crippen LogP contribution is -2.10. The maximum Gasteiger partial charge on any atom is 0.323 e. The average Bonchev–Trinajstić information content (AvgIpc) is 2.10. The smallest absolute Gasteiger partial charge is 0.323 e. The summed E-state index contributed by atoms with van der Waals surface area (Å²) in [5.41, 5.74) is 1.83. The van der Waals surface area contributed by atoms with Crippen LogP contribution < -0.4 is 4.18 Å². The fraction of sp³-hybridized carbons (Fsp3) is 0.333. The fourth-order valence-electron chi connectivity index (χ4n) is 1.05. The molecule has 0 amide bonds. The third-order valence-electron chi connectivity index (χ3n) is 1.68. The quantitative estimate of drug-likeness (QED) is 0.595. The molecule has 0 atom stereocenters. The van der Waals surface area contributed by atoms with Crippen LogP contribution in [-0.2, 0) is 10.1 Å². The lowest BCUT2D eigenvalue weighted by Gasteiger charge is -2.07. The van der Waals surface area contributed by atoms with Gasteiger partial charge in [-0.25, -0.2) is 0 Å². The number of halogens is 1. The Morgan fingerprint density at radius 2 is 2.00 bits per heavy atom. The van der Waals surface area contributed by atoms with Gasteiger partial charge >= 0.3 is 10.1 Å². The number of hydrogen-bond donors (Lipinski definition) is 0. The molecule has 0 saturated heterocycles. The van der Waals surface area contributed by atoms with Crippen LogP contribution in [0.5, 0.6) is 5.75 Å². The van der Waals surface area contributed by atoms with E-state index < -0.39 is 15.3 Å². The van der Waals surface area contributed by atoms with E-state index in [0.717, 1.165) is 11.1 Å². The Balaban J connectivity index is 2.99. The van der Waals surface area contributed by atoms with Gasteiger partial charge in [0.25, 0.3) is 0 Å². The molecule has 5 heteroatoms. The van der Waals surface area contributed by atoms with Gasteiger partial charge in [-0.05, 0) is 25.5 Å². The average molecular weight is 235 g/mol. The van der Waals surface area contributed by atoms with Crippen LogP contribution in [0.1, 0.15) is 11.1 Å². The van der Waals surface area contributed by atoms with Crippen molar-refractivity contribution in [2.45, 2.75) is 13.8 Å². The van der Waals surface area contributed by atoms with E-state index in [1.54, 1.807) is 19.1 Å². The second-order valence-electron chi connectivity index (χ2n) is 3.02. The Hall–Kier alpha value is -0.740. The summed E-state index contributed by atoms with van der Waals surface area (Å²) >= 11 is 5.21. The zero-order valence-electron chi connectivity index (χ0n) is 7.95. The van der Waals surface area contributed by atoms with Crippen LogP contribution in [0, 0.1) is 13.8 Å². The first-order chi connectivity index (χ1) is 6.44. The van der Waals surface area contributed by atoms with Crippen LogP contribution in [0.4, 0.5) is 0 Å². The second-order valence-corrected chi connectivity index (χ2v) is 5.17. The molecule has 0 bridgehead atoms. The first-order valence-electron chi connectivity index (χ1n) is 4.00. The van der Waals surface area contributed by atoms with E-state index in [-0.39, 0.29) is 0 Å². The molecule has 1 aromatic rings. The highest BCUT2D eigenvalue weighted by atomic mass is 35.5. The van der Waals surface area contributed by atoms with Gasteiger partial charge in [0.15, 0.2) is 5.21 Å². The highest BCUT2D eigenvalue weighted by Gasteiger charge is 2.11. The lowest BCUT2D eigenvalue weighted by atomic mass is 10.1. The summed E-state index contributed by atoms with van der Waals surface area (Å²) in [4.78, 5) is 0. The molecule has 0 heterocycles. The van der Waals surface area contributed by atoms with Gasteiger partial charge in [-0.3, -0.25) is 0 Å². The molecule has 78 valence electrons. The van der Waals surface area contributed by atoms with Crippen LogP contribution in [0.2, 0.25) is 0 Å². The van der Waals surface area contributed by atoms with E-state index in [9.17, 15) is 8.42 Å². The summed E-state index contributed by atoms with van der Waals surface area (Å²) < 4.78 is 26.9. The predicted molar refractivity (Wildman–Crippen MR) is 56.2 cm³/mol. The third kappa shape index (κ3) is 2.89. The first kappa shape index (κ1) is 11.3. The molecule has 0 saturated carbocycles. The van der Waals surface area contributed by atoms with Crippen LogP contribution in [0.3, 0.4) is 0 Å². The molecule has 0 unspecified atom stereocenters. The first-order valence-corrected chi connectivity index (χ1v) is 6.11. The highest BCUT2D eigenvalue weighted by Crippen LogP contribution is 2.20. The predicted octanol–water partition coefficient (Wildman–Crippen LogP) is 2.21. The minimum atomic E-state index is -3.64. The topological polar surface area (TPSA) is 43.4 Å². The number of aryl methyl sites for hydroxylation is 2. The van der Waals surface area contributed by atoms with Crippen molar-refractivity contribution in [2.75, 3.05) is 5.21 Å². The molecule has 0 radical (unpaired) electrons. The molecule has 0 N–H and O–H groups in total. The zero-order valence-corrected chi connectivity index (χ0v) is 9.52. The summed E-state index contributed by atoms with van der Waals surface area (Å²) in [5, 5.41) is -0.541. The molecule has 1 aromatic carbocycles. The third-order valence-corrected chi connectivity index (χ3v) is 3.18. The fourth-order valence-corrected chi connectivity index (χ4v) is 1.69. The van der Waals surface area contributed by atoms with E-state index in [1.807, 2.05) is 13.0 Å². The molecule has 0 aromatic heterocycles. The molecule has 0 aliphatic carbocycles. The standard InChI is InChI=1S/C9H11ClO3S/c1-7-3-4-9(8(2)5-7)13-14(11,12)6-10/h3-5H,6H2,1-2H3. The normalized spacial score (nSPS) is 11.4. The van der Waals surface area contributed by atoms with E-state index in [0.29, 0.717) is 5.75 Å². The van der Waals surface area contributed by atoms with Crippen LogP contribution in [-0.4, -0.2) is 13.6 Å². The van der Waals surface area contributed by atoms with E-state index in [4.69, 9.17) is 15.8 Å². The van der Waals surface area contributed by atoms with Crippen molar-refractivity contribution >= 4 is 21.7 Å². The van der Waals surface area contributed by atoms with E-state index >= 15 is 0 Å². The van der Waals surface area contributed by atoms with Gasteiger partial charge in [0, 0.05) is 0 Å². The Bertz CT molecular complexity index is 426. The maximum absolute atomic E-state index is 11.1. The summed E-state index contributed by atoms with van der Waals surface area (Å²) in [6, 6.07) is 5.25. The van der Waals surface area contributed by atoms with Crippen molar-refractivity contribution in [2.24, 2.45) is 0 Å². The molecule has 0 fully saturated rings. The van der Waals surface area contributed by atoms with Gasteiger partial charge in [-0.1, -0.05) is 17.7 Å². The van der Waals surface area contributed by atoms with Crippen LogP contribution in [0.25, 0.3) is 0 Å².